The SMILES string of the molecule is CCN(C[C@@H]1CCCO1)c1nn2cc(C)nc2s1. The van der Waals surface area contributed by atoms with Crippen LogP contribution in [-0.4, -0.2) is 40.4 Å². The average Bonchev–Trinajstić information content (AvgIpc) is 3.00. The fourth-order valence-corrected chi connectivity index (χ4v) is 3.30. The lowest BCUT2D eigenvalue weighted by atomic mass is 10.2. The van der Waals surface area contributed by atoms with Gasteiger partial charge in [0, 0.05) is 19.7 Å². The fraction of sp³-hybridized carbons (Fsp3) is 0.667. The molecular formula is C12H18N4OS. The van der Waals surface area contributed by atoms with Gasteiger partial charge in [0.25, 0.3) is 0 Å². The molecule has 1 aliphatic rings. The van der Waals surface area contributed by atoms with Crippen LogP contribution in [0, 0.1) is 6.92 Å². The third-order valence-electron chi connectivity index (χ3n) is 3.25. The van der Waals surface area contributed by atoms with E-state index in [0.717, 1.165) is 41.9 Å². The van der Waals surface area contributed by atoms with Crippen molar-refractivity contribution in [1.29, 1.82) is 0 Å². The van der Waals surface area contributed by atoms with Gasteiger partial charge in [-0.1, -0.05) is 11.3 Å². The second kappa shape index (κ2) is 4.85. The Morgan fingerprint density at radius 2 is 2.50 bits per heavy atom. The largest absolute Gasteiger partial charge is 0.376 e. The number of aryl methyl sites for hydroxylation is 1. The minimum absolute atomic E-state index is 0.364. The average molecular weight is 266 g/mol. The zero-order valence-electron chi connectivity index (χ0n) is 10.8. The highest BCUT2D eigenvalue weighted by Gasteiger charge is 2.21. The maximum absolute atomic E-state index is 5.69. The van der Waals surface area contributed by atoms with Gasteiger partial charge in [-0.05, 0) is 26.7 Å². The van der Waals surface area contributed by atoms with Crippen LogP contribution in [0.2, 0.25) is 0 Å². The molecule has 0 radical (unpaired) electrons. The van der Waals surface area contributed by atoms with E-state index in [1.807, 2.05) is 17.6 Å². The molecule has 0 aromatic carbocycles. The predicted molar refractivity (Wildman–Crippen MR) is 72.5 cm³/mol. The fourth-order valence-electron chi connectivity index (χ4n) is 2.30. The van der Waals surface area contributed by atoms with Crippen LogP contribution < -0.4 is 4.90 Å². The topological polar surface area (TPSA) is 42.7 Å². The first-order valence-electron chi connectivity index (χ1n) is 6.45. The van der Waals surface area contributed by atoms with Gasteiger partial charge in [0.1, 0.15) is 0 Å². The van der Waals surface area contributed by atoms with Gasteiger partial charge in [-0.2, -0.15) is 0 Å². The van der Waals surface area contributed by atoms with Crippen molar-refractivity contribution in [2.24, 2.45) is 0 Å². The van der Waals surface area contributed by atoms with E-state index in [2.05, 4.69) is 21.9 Å². The molecule has 0 amide bonds. The van der Waals surface area contributed by atoms with Crippen LogP contribution >= 0.6 is 11.3 Å². The van der Waals surface area contributed by atoms with E-state index in [0.29, 0.717) is 6.10 Å². The van der Waals surface area contributed by atoms with Gasteiger partial charge in [-0.25, -0.2) is 9.50 Å². The van der Waals surface area contributed by atoms with E-state index >= 15 is 0 Å². The Balaban J connectivity index is 1.78. The van der Waals surface area contributed by atoms with Crippen molar-refractivity contribution >= 4 is 21.4 Å². The number of rotatable bonds is 4. The van der Waals surface area contributed by atoms with Gasteiger partial charge in [-0.15, -0.1) is 5.10 Å². The maximum Gasteiger partial charge on any atom is 0.214 e. The maximum atomic E-state index is 5.69. The van der Waals surface area contributed by atoms with Crippen molar-refractivity contribution in [1.82, 2.24) is 14.6 Å². The van der Waals surface area contributed by atoms with E-state index in [-0.39, 0.29) is 0 Å². The molecule has 3 rings (SSSR count). The Morgan fingerprint density at radius 3 is 3.17 bits per heavy atom. The molecule has 1 fully saturated rings. The van der Waals surface area contributed by atoms with Gasteiger partial charge >= 0.3 is 0 Å². The van der Waals surface area contributed by atoms with E-state index in [9.17, 15) is 0 Å². The van der Waals surface area contributed by atoms with Crippen LogP contribution in [-0.2, 0) is 4.74 Å². The Hall–Kier alpha value is -1.14. The van der Waals surface area contributed by atoms with Crippen LogP contribution in [0.3, 0.4) is 0 Å². The number of aromatic nitrogens is 3. The molecule has 5 nitrogen and oxygen atoms in total. The van der Waals surface area contributed by atoms with Crippen molar-refractivity contribution in [3.63, 3.8) is 0 Å². The number of ether oxygens (including phenoxy) is 1. The summed E-state index contributed by atoms with van der Waals surface area (Å²) >= 11 is 1.65. The van der Waals surface area contributed by atoms with Crippen molar-refractivity contribution in [3.8, 4) is 0 Å². The molecule has 0 saturated carbocycles. The number of fused-ring (bicyclic) bond motifs is 1. The molecule has 0 spiro atoms. The first kappa shape index (κ1) is 11.9. The Labute approximate surface area is 110 Å². The van der Waals surface area contributed by atoms with Crippen LogP contribution in [0.15, 0.2) is 6.20 Å². The summed E-state index contributed by atoms with van der Waals surface area (Å²) in [7, 11) is 0. The Kier molecular flexibility index (Phi) is 3.22. The summed E-state index contributed by atoms with van der Waals surface area (Å²) in [5.74, 6) is 0. The lowest BCUT2D eigenvalue weighted by Crippen LogP contribution is -2.32. The van der Waals surface area contributed by atoms with Gasteiger partial charge in [0.15, 0.2) is 0 Å². The van der Waals surface area contributed by atoms with Gasteiger partial charge in [0.2, 0.25) is 10.1 Å². The third-order valence-corrected chi connectivity index (χ3v) is 4.24. The quantitative estimate of drug-likeness (QED) is 0.850. The summed E-state index contributed by atoms with van der Waals surface area (Å²) < 4.78 is 7.56. The van der Waals surface area contributed by atoms with Crippen molar-refractivity contribution in [2.45, 2.75) is 32.8 Å². The number of anilines is 1. The minimum Gasteiger partial charge on any atom is -0.376 e. The van der Waals surface area contributed by atoms with Crippen LogP contribution in [0.4, 0.5) is 5.13 Å². The van der Waals surface area contributed by atoms with E-state index in [1.54, 1.807) is 11.3 Å². The summed E-state index contributed by atoms with van der Waals surface area (Å²) in [6, 6.07) is 0. The highest BCUT2D eigenvalue weighted by Crippen LogP contribution is 2.24. The number of likely N-dealkylation sites (N-methyl/N-ethyl adjacent to an activating group) is 1. The second-order valence-corrected chi connectivity index (χ2v) is 5.60. The third kappa shape index (κ3) is 2.22. The van der Waals surface area contributed by atoms with Crippen LogP contribution in [0.5, 0.6) is 0 Å². The lowest BCUT2D eigenvalue weighted by molar-refractivity contribution is 0.115. The minimum atomic E-state index is 0.364. The normalized spacial score (nSPS) is 19.8. The zero-order chi connectivity index (χ0) is 12.5. The van der Waals surface area contributed by atoms with Gasteiger partial charge in [-0.3, -0.25) is 0 Å². The number of imidazole rings is 1. The molecule has 6 heteroatoms. The summed E-state index contributed by atoms with van der Waals surface area (Å²) in [4.78, 5) is 7.69. The zero-order valence-corrected chi connectivity index (χ0v) is 11.6. The molecule has 1 saturated heterocycles. The van der Waals surface area contributed by atoms with Crippen molar-refractivity contribution < 1.29 is 4.74 Å². The molecule has 18 heavy (non-hydrogen) atoms. The highest BCUT2D eigenvalue weighted by molar-refractivity contribution is 7.20. The number of hydrogen-bond acceptors (Lipinski definition) is 5. The van der Waals surface area contributed by atoms with E-state index < -0.39 is 0 Å². The first-order chi connectivity index (χ1) is 8.76. The Bertz CT molecular complexity index is 498. The molecule has 2 aromatic heterocycles. The molecule has 0 unspecified atom stereocenters. The van der Waals surface area contributed by atoms with Crippen LogP contribution in [0.25, 0.3) is 4.96 Å². The number of nitrogens with zero attached hydrogens (tertiary/aromatic N) is 4. The molecule has 1 atom stereocenters. The van der Waals surface area contributed by atoms with Crippen LogP contribution in [0.1, 0.15) is 25.5 Å². The van der Waals surface area contributed by atoms with Gasteiger partial charge < -0.3 is 9.64 Å². The molecular weight excluding hydrogens is 248 g/mol. The van der Waals surface area contributed by atoms with Gasteiger partial charge in [0.05, 0.1) is 18.0 Å². The number of hydrogen-bond donors (Lipinski definition) is 0. The lowest BCUT2D eigenvalue weighted by Gasteiger charge is -2.22. The molecule has 0 N–H and O–H groups in total. The monoisotopic (exact) mass is 266 g/mol. The van der Waals surface area contributed by atoms with E-state index in [4.69, 9.17) is 4.74 Å². The summed E-state index contributed by atoms with van der Waals surface area (Å²) in [5, 5.41) is 5.63. The summed E-state index contributed by atoms with van der Waals surface area (Å²) in [6.45, 7) is 6.94. The van der Waals surface area contributed by atoms with Crippen molar-refractivity contribution in [3.05, 3.63) is 11.9 Å². The molecule has 3 heterocycles. The predicted octanol–water partition coefficient (Wildman–Crippen LogP) is 2.10. The standard InChI is InChI=1S/C12H18N4OS/c1-3-15(8-10-5-4-6-17-10)12-14-16-7-9(2)13-11(16)18-12/h7,10H,3-6,8H2,1-2H3/t10-/m0/s1. The van der Waals surface area contributed by atoms with Crippen molar-refractivity contribution in [2.75, 3.05) is 24.6 Å². The first-order valence-corrected chi connectivity index (χ1v) is 7.27. The van der Waals surface area contributed by atoms with E-state index in [1.165, 1.54) is 6.42 Å². The molecule has 0 aliphatic carbocycles. The Morgan fingerprint density at radius 1 is 1.61 bits per heavy atom. The second-order valence-electron chi connectivity index (χ2n) is 4.67. The smallest absolute Gasteiger partial charge is 0.214 e. The molecule has 1 aliphatic heterocycles. The molecule has 0 bridgehead atoms. The highest BCUT2D eigenvalue weighted by atomic mass is 32.1. The summed E-state index contributed by atoms with van der Waals surface area (Å²) in [5.41, 5.74) is 1.02. The summed E-state index contributed by atoms with van der Waals surface area (Å²) in [6.07, 6.45) is 4.68. The molecule has 2 aromatic rings. The molecule has 98 valence electrons.